The molecule has 0 saturated heterocycles. The van der Waals surface area contributed by atoms with Gasteiger partial charge in [-0.3, -0.25) is 4.79 Å². The Labute approximate surface area is 160 Å². The Morgan fingerprint density at radius 2 is 2.00 bits per heavy atom. The Balaban J connectivity index is 1.59. The number of nitrogens with zero attached hydrogens (tertiary/aromatic N) is 1. The molecular weight excluding hydrogens is 364 g/mol. The molecular formula is C20H20N2O4S. The highest BCUT2D eigenvalue weighted by atomic mass is 32.1. The van der Waals surface area contributed by atoms with Crippen LogP contribution in [0.5, 0.6) is 5.75 Å². The molecule has 0 saturated carbocycles. The number of aromatic amines is 1. The summed E-state index contributed by atoms with van der Waals surface area (Å²) in [5, 5.41) is 0.757. The van der Waals surface area contributed by atoms with Gasteiger partial charge in [-0.1, -0.05) is 0 Å². The van der Waals surface area contributed by atoms with Crippen LogP contribution in [0.1, 0.15) is 30.2 Å². The van der Waals surface area contributed by atoms with Crippen molar-refractivity contribution in [2.24, 2.45) is 0 Å². The molecule has 140 valence electrons. The summed E-state index contributed by atoms with van der Waals surface area (Å²) in [6.45, 7) is 1.95. The van der Waals surface area contributed by atoms with Gasteiger partial charge in [0.25, 0.3) is 5.56 Å². The lowest BCUT2D eigenvalue weighted by atomic mass is 9.97. The van der Waals surface area contributed by atoms with E-state index in [-0.39, 0.29) is 12.2 Å². The molecule has 3 aromatic rings. The molecule has 1 aliphatic rings. The van der Waals surface area contributed by atoms with Gasteiger partial charge in [-0.2, -0.15) is 0 Å². The summed E-state index contributed by atoms with van der Waals surface area (Å²) in [5.74, 6) is 0.699. The van der Waals surface area contributed by atoms with Crippen LogP contribution in [0.3, 0.4) is 0 Å². The fraction of sp³-hybridized carbons (Fsp3) is 0.350. The predicted octanol–water partition coefficient (Wildman–Crippen LogP) is 3.47. The molecule has 27 heavy (non-hydrogen) atoms. The van der Waals surface area contributed by atoms with E-state index in [1.807, 2.05) is 12.1 Å². The van der Waals surface area contributed by atoms with Crippen LogP contribution >= 0.6 is 11.3 Å². The molecule has 1 N–H and O–H groups in total. The summed E-state index contributed by atoms with van der Waals surface area (Å²) in [6.07, 6.45) is 4.31. The summed E-state index contributed by atoms with van der Waals surface area (Å²) >= 11 is 1.63. The number of aromatic nitrogens is 2. The van der Waals surface area contributed by atoms with Gasteiger partial charge in [0, 0.05) is 10.4 Å². The molecule has 0 unspecified atom stereocenters. The summed E-state index contributed by atoms with van der Waals surface area (Å²) in [4.78, 5) is 33.7. The van der Waals surface area contributed by atoms with E-state index in [4.69, 9.17) is 9.47 Å². The zero-order chi connectivity index (χ0) is 18.8. The van der Waals surface area contributed by atoms with E-state index in [0.29, 0.717) is 18.2 Å². The van der Waals surface area contributed by atoms with Crippen LogP contribution in [0.4, 0.5) is 0 Å². The Morgan fingerprint density at radius 1 is 1.22 bits per heavy atom. The van der Waals surface area contributed by atoms with Gasteiger partial charge in [0.05, 0.1) is 12.0 Å². The van der Waals surface area contributed by atoms with E-state index >= 15 is 0 Å². The third-order valence-electron chi connectivity index (χ3n) is 4.61. The largest absolute Gasteiger partial charge is 0.482 e. The first kappa shape index (κ1) is 17.7. The van der Waals surface area contributed by atoms with Crippen molar-refractivity contribution in [3.63, 3.8) is 0 Å². The Morgan fingerprint density at radius 3 is 2.78 bits per heavy atom. The number of ether oxygens (including phenoxy) is 2. The highest BCUT2D eigenvalue weighted by Gasteiger charge is 2.20. The number of carbonyl (C=O) groups is 1. The Hall–Kier alpha value is -2.67. The lowest BCUT2D eigenvalue weighted by molar-refractivity contribution is -0.145. The second kappa shape index (κ2) is 7.52. The average molecular weight is 384 g/mol. The number of H-pyrrole nitrogens is 1. The van der Waals surface area contributed by atoms with Crippen molar-refractivity contribution in [3.05, 3.63) is 45.1 Å². The topological polar surface area (TPSA) is 81.3 Å². The minimum atomic E-state index is -0.403. The number of aryl methyl sites for hydroxylation is 2. The molecule has 0 amide bonds. The minimum Gasteiger partial charge on any atom is -0.482 e. The monoisotopic (exact) mass is 384 g/mol. The van der Waals surface area contributed by atoms with Gasteiger partial charge in [-0.15, -0.1) is 11.3 Å². The second-order valence-electron chi connectivity index (χ2n) is 6.42. The lowest BCUT2D eigenvalue weighted by Crippen LogP contribution is -2.14. The normalized spacial score (nSPS) is 13.4. The van der Waals surface area contributed by atoms with Crippen LogP contribution in [0.25, 0.3) is 21.6 Å². The minimum absolute atomic E-state index is 0.0722. The van der Waals surface area contributed by atoms with Crippen molar-refractivity contribution >= 4 is 27.5 Å². The third kappa shape index (κ3) is 3.60. The van der Waals surface area contributed by atoms with Gasteiger partial charge >= 0.3 is 5.97 Å². The molecule has 0 aliphatic heterocycles. The van der Waals surface area contributed by atoms with Crippen molar-refractivity contribution in [1.29, 1.82) is 0 Å². The number of esters is 1. The summed E-state index contributed by atoms with van der Waals surface area (Å²) in [6, 6.07) is 7.13. The third-order valence-corrected chi connectivity index (χ3v) is 5.80. The number of hydrogen-bond acceptors (Lipinski definition) is 6. The molecule has 1 aromatic carbocycles. The smallest absolute Gasteiger partial charge is 0.344 e. The van der Waals surface area contributed by atoms with E-state index in [2.05, 4.69) is 9.97 Å². The molecule has 0 atom stereocenters. The summed E-state index contributed by atoms with van der Waals surface area (Å²) < 4.78 is 10.2. The van der Waals surface area contributed by atoms with E-state index in [1.165, 1.54) is 16.9 Å². The van der Waals surface area contributed by atoms with Crippen LogP contribution in [-0.4, -0.2) is 29.2 Å². The van der Waals surface area contributed by atoms with Crippen LogP contribution < -0.4 is 10.3 Å². The average Bonchev–Trinajstić information content (AvgIpc) is 3.06. The molecule has 0 spiro atoms. The first-order chi connectivity index (χ1) is 13.2. The van der Waals surface area contributed by atoms with Crippen molar-refractivity contribution < 1.29 is 14.3 Å². The Kier molecular flexibility index (Phi) is 4.94. The first-order valence-electron chi connectivity index (χ1n) is 9.09. The maximum Gasteiger partial charge on any atom is 0.344 e. The van der Waals surface area contributed by atoms with Crippen LogP contribution in [0.2, 0.25) is 0 Å². The Bertz CT molecular complexity index is 1040. The molecule has 0 bridgehead atoms. The van der Waals surface area contributed by atoms with E-state index in [1.54, 1.807) is 30.4 Å². The number of thiophene rings is 1. The zero-order valence-corrected chi connectivity index (χ0v) is 15.9. The number of carbonyl (C=O) groups excluding carboxylic acids is 1. The molecule has 2 aromatic heterocycles. The fourth-order valence-corrected chi connectivity index (χ4v) is 4.62. The van der Waals surface area contributed by atoms with Crippen LogP contribution in [0, 0.1) is 0 Å². The fourth-order valence-electron chi connectivity index (χ4n) is 3.35. The van der Waals surface area contributed by atoms with Crippen molar-refractivity contribution in [1.82, 2.24) is 9.97 Å². The SMILES string of the molecule is CCOC(=O)COc1ccc(-c2nc3sc4c(c3c(=O)[nH]2)CCCC4)cc1. The molecule has 0 fully saturated rings. The van der Waals surface area contributed by atoms with Gasteiger partial charge in [0.15, 0.2) is 6.61 Å². The maximum absolute atomic E-state index is 12.6. The lowest BCUT2D eigenvalue weighted by Gasteiger charge is -2.09. The quantitative estimate of drug-likeness (QED) is 0.681. The van der Waals surface area contributed by atoms with Crippen LogP contribution in [-0.2, 0) is 22.4 Å². The number of hydrogen-bond donors (Lipinski definition) is 1. The predicted molar refractivity (Wildman–Crippen MR) is 104 cm³/mol. The zero-order valence-electron chi connectivity index (χ0n) is 15.0. The van der Waals surface area contributed by atoms with Crippen molar-refractivity contribution in [2.75, 3.05) is 13.2 Å². The first-order valence-corrected chi connectivity index (χ1v) is 9.90. The summed E-state index contributed by atoms with van der Waals surface area (Å²) in [7, 11) is 0. The maximum atomic E-state index is 12.6. The molecule has 0 radical (unpaired) electrons. The number of fused-ring (bicyclic) bond motifs is 3. The van der Waals surface area contributed by atoms with Crippen LogP contribution in [0.15, 0.2) is 29.1 Å². The number of rotatable bonds is 5. The van der Waals surface area contributed by atoms with E-state index in [0.717, 1.165) is 35.0 Å². The van der Waals surface area contributed by atoms with Gasteiger partial charge < -0.3 is 14.5 Å². The molecule has 4 rings (SSSR count). The van der Waals surface area contributed by atoms with E-state index < -0.39 is 5.97 Å². The summed E-state index contributed by atoms with van der Waals surface area (Å²) in [5.41, 5.74) is 1.91. The molecule has 1 aliphatic carbocycles. The second-order valence-corrected chi connectivity index (χ2v) is 7.51. The van der Waals surface area contributed by atoms with Gasteiger partial charge in [0.2, 0.25) is 0 Å². The molecule has 7 heteroatoms. The van der Waals surface area contributed by atoms with Gasteiger partial charge in [0.1, 0.15) is 16.4 Å². The highest BCUT2D eigenvalue weighted by molar-refractivity contribution is 7.18. The van der Waals surface area contributed by atoms with Gasteiger partial charge in [-0.25, -0.2) is 9.78 Å². The number of nitrogens with one attached hydrogen (secondary N) is 1. The highest BCUT2D eigenvalue weighted by Crippen LogP contribution is 2.34. The number of benzene rings is 1. The molecule has 6 nitrogen and oxygen atoms in total. The van der Waals surface area contributed by atoms with Crippen molar-refractivity contribution in [3.8, 4) is 17.1 Å². The standard InChI is InChI=1S/C20H20N2O4S/c1-2-25-16(23)11-26-13-9-7-12(8-10-13)18-21-19(24)17-14-5-3-4-6-15(14)27-20(17)22-18/h7-10H,2-6,11H2,1H3,(H,21,22,24). The van der Waals surface area contributed by atoms with E-state index in [9.17, 15) is 9.59 Å². The van der Waals surface area contributed by atoms with Gasteiger partial charge in [-0.05, 0) is 62.4 Å². The molecule has 2 heterocycles. The van der Waals surface area contributed by atoms with Crippen molar-refractivity contribution in [2.45, 2.75) is 32.6 Å².